The van der Waals surface area contributed by atoms with Gasteiger partial charge in [0.2, 0.25) is 6.29 Å². The first-order valence-electron chi connectivity index (χ1n) is 11.3. The minimum absolute atomic E-state index is 0.00611. The van der Waals surface area contributed by atoms with Gasteiger partial charge < -0.3 is 42.8 Å². The Morgan fingerprint density at radius 2 is 1.47 bits per heavy atom. The van der Waals surface area contributed by atoms with Crippen LogP contribution >= 0.6 is 0 Å². The van der Waals surface area contributed by atoms with Gasteiger partial charge in [0.15, 0.2) is 24.1 Å². The summed E-state index contributed by atoms with van der Waals surface area (Å²) in [5.41, 5.74) is 4.08. The molecule has 3 aromatic rings. The van der Waals surface area contributed by atoms with Gasteiger partial charge in [-0.25, -0.2) is 0 Å². The second-order valence-electron chi connectivity index (χ2n) is 8.20. The fourth-order valence-electron chi connectivity index (χ4n) is 2.93. The first kappa shape index (κ1) is 29.2. The molecular weight excluding hydrogens is 472 g/mol. The zero-order valence-electron chi connectivity index (χ0n) is 20.9. The fourth-order valence-corrected chi connectivity index (χ4v) is 2.93. The van der Waals surface area contributed by atoms with Gasteiger partial charge in [-0.2, -0.15) is 0 Å². The number of carbonyl (C=O) groups excluding carboxylic acids is 1. The summed E-state index contributed by atoms with van der Waals surface area (Å²) in [6.45, 7) is 9.33. The Hall–Kier alpha value is -2.99. The summed E-state index contributed by atoms with van der Waals surface area (Å²) in [6, 6.07) is 5.42. The smallest absolute Gasteiger partial charge is 0.217 e. The Bertz CT molecular complexity index is 1050. The van der Waals surface area contributed by atoms with Gasteiger partial charge in [0.1, 0.15) is 18.5 Å². The van der Waals surface area contributed by atoms with Crippen LogP contribution in [0.3, 0.4) is 0 Å². The molecule has 10 heteroatoms. The summed E-state index contributed by atoms with van der Waals surface area (Å²) < 4.78 is 30.0. The van der Waals surface area contributed by atoms with E-state index in [2.05, 4.69) is 0 Å². The Kier molecular flexibility index (Phi) is 12.3. The maximum atomic E-state index is 9.93. The molecule has 5 heterocycles. The highest BCUT2D eigenvalue weighted by atomic mass is 16.7. The quantitative estimate of drug-likeness (QED) is 0.355. The third-order valence-corrected chi connectivity index (χ3v) is 4.64. The van der Waals surface area contributed by atoms with Crippen LogP contribution in [0.25, 0.3) is 0 Å². The van der Waals surface area contributed by atoms with Crippen molar-refractivity contribution in [3.8, 4) is 0 Å². The molecule has 0 aromatic carbocycles. The average molecular weight is 507 g/mol. The summed E-state index contributed by atoms with van der Waals surface area (Å²) in [5, 5.41) is 26.1. The lowest BCUT2D eigenvalue weighted by molar-refractivity contribution is -0.149. The largest absolute Gasteiger partial charge is 0.467 e. The van der Waals surface area contributed by atoms with Crippen LogP contribution in [0.1, 0.15) is 52.0 Å². The van der Waals surface area contributed by atoms with Gasteiger partial charge in [0, 0.05) is 0 Å². The zero-order chi connectivity index (χ0) is 26.5. The van der Waals surface area contributed by atoms with Gasteiger partial charge in [-0.15, -0.1) is 0 Å². The lowest BCUT2D eigenvalue weighted by Gasteiger charge is -2.21. The van der Waals surface area contributed by atoms with E-state index in [9.17, 15) is 4.79 Å². The van der Waals surface area contributed by atoms with Crippen molar-refractivity contribution < 1.29 is 47.6 Å². The number of aliphatic hydroxyl groups is 3. The van der Waals surface area contributed by atoms with E-state index in [1.54, 1.807) is 37.0 Å². The first-order chi connectivity index (χ1) is 17.2. The molecule has 0 aliphatic carbocycles. The van der Waals surface area contributed by atoms with E-state index in [-0.39, 0.29) is 12.9 Å². The van der Waals surface area contributed by atoms with E-state index < -0.39 is 12.4 Å². The molecule has 2 unspecified atom stereocenters. The first-order valence-corrected chi connectivity index (χ1v) is 11.3. The number of rotatable bonds is 3. The normalized spacial score (nSPS) is 19.1. The predicted octanol–water partition coefficient (Wildman–Crippen LogP) is 3.76. The van der Waals surface area contributed by atoms with Gasteiger partial charge in [-0.3, -0.25) is 4.79 Å². The lowest BCUT2D eigenvalue weighted by Crippen LogP contribution is -2.31. The molecule has 198 valence electrons. The number of aldehydes is 1. The van der Waals surface area contributed by atoms with Gasteiger partial charge in [-0.1, -0.05) is 0 Å². The van der Waals surface area contributed by atoms with Crippen molar-refractivity contribution in [3.05, 3.63) is 82.6 Å². The number of hydrogen-bond donors (Lipinski definition) is 3. The summed E-state index contributed by atoms with van der Waals surface area (Å²) in [4.78, 5) is 9.93. The summed E-state index contributed by atoms with van der Waals surface area (Å²) >= 11 is 0. The molecule has 36 heavy (non-hydrogen) atoms. The highest BCUT2D eigenvalue weighted by Gasteiger charge is 2.21. The van der Waals surface area contributed by atoms with E-state index in [0.29, 0.717) is 37.6 Å². The molecule has 3 N–H and O–H groups in total. The summed E-state index contributed by atoms with van der Waals surface area (Å²) in [7, 11) is 0. The van der Waals surface area contributed by atoms with Crippen LogP contribution in [0.5, 0.6) is 0 Å². The molecule has 0 bridgehead atoms. The standard InChI is InChI=1S/C8H10O3.C6H10O3.C6H8O2.C6H6O2/c1-6-4-7(11-5-6)8-9-2-3-10-8;1-4-2-5(7)6(8)9-3-4;2*1-5-2-6(3-7)8-4-5/h4-5,8H,2-3H2,1H3;2,5-8H,3H2,1H3;2,4,7H,3H2,1H3;2-4H,1H3. The van der Waals surface area contributed by atoms with E-state index in [1.165, 1.54) is 0 Å². The maximum absolute atomic E-state index is 9.93. The Balaban J connectivity index is 0.000000171. The Labute approximate surface area is 209 Å². The minimum Gasteiger partial charge on any atom is -0.467 e. The lowest BCUT2D eigenvalue weighted by atomic mass is 10.2. The summed E-state index contributed by atoms with van der Waals surface area (Å²) in [6.07, 6.45) is 4.98. The number of furan rings is 3. The topological polar surface area (TPSA) is 145 Å². The van der Waals surface area contributed by atoms with Crippen molar-refractivity contribution in [3.63, 3.8) is 0 Å². The van der Waals surface area contributed by atoms with Crippen molar-refractivity contribution >= 4 is 6.29 Å². The monoisotopic (exact) mass is 506 g/mol. The second-order valence-corrected chi connectivity index (χ2v) is 8.20. The number of aliphatic hydroxyl groups excluding tert-OH is 3. The van der Waals surface area contributed by atoms with E-state index in [1.807, 2.05) is 33.8 Å². The number of aryl methyl sites for hydroxylation is 3. The molecule has 2 aliphatic heterocycles. The van der Waals surface area contributed by atoms with Crippen LogP contribution < -0.4 is 0 Å². The molecule has 0 radical (unpaired) electrons. The van der Waals surface area contributed by atoms with Gasteiger partial charge >= 0.3 is 0 Å². The molecule has 0 spiro atoms. The minimum atomic E-state index is -1.03. The van der Waals surface area contributed by atoms with Crippen molar-refractivity contribution in [2.45, 2.75) is 53.0 Å². The molecule has 0 amide bonds. The van der Waals surface area contributed by atoms with Gasteiger partial charge in [-0.05, 0) is 74.2 Å². The van der Waals surface area contributed by atoms with Crippen molar-refractivity contribution in [1.82, 2.24) is 0 Å². The second kappa shape index (κ2) is 15.2. The van der Waals surface area contributed by atoms with Crippen molar-refractivity contribution in [2.24, 2.45) is 0 Å². The highest BCUT2D eigenvalue weighted by molar-refractivity contribution is 5.70. The third-order valence-electron chi connectivity index (χ3n) is 4.64. The number of hydrogen-bond acceptors (Lipinski definition) is 10. The van der Waals surface area contributed by atoms with E-state index in [0.717, 1.165) is 28.0 Å². The SMILES string of the molecule is CC1=CC(O)C(O)OC1.Cc1coc(C2OCCO2)c1.Cc1coc(C=O)c1.Cc1coc(CO)c1. The predicted molar refractivity (Wildman–Crippen MR) is 128 cm³/mol. The zero-order valence-corrected chi connectivity index (χ0v) is 20.9. The van der Waals surface area contributed by atoms with Crippen molar-refractivity contribution in [2.75, 3.05) is 19.8 Å². The van der Waals surface area contributed by atoms with Crippen molar-refractivity contribution in [1.29, 1.82) is 0 Å². The summed E-state index contributed by atoms with van der Waals surface area (Å²) in [5.74, 6) is 1.78. The molecule has 3 aromatic heterocycles. The van der Waals surface area contributed by atoms with Crippen LogP contribution in [0.15, 0.2) is 61.9 Å². The van der Waals surface area contributed by atoms with Gasteiger partial charge in [0.25, 0.3) is 0 Å². The highest BCUT2D eigenvalue weighted by Crippen LogP contribution is 2.24. The van der Waals surface area contributed by atoms with Gasteiger partial charge in [0.05, 0.1) is 38.6 Å². The third kappa shape index (κ3) is 10.3. The van der Waals surface area contributed by atoms with Crippen LogP contribution in [0.4, 0.5) is 0 Å². The molecule has 2 aliphatic rings. The van der Waals surface area contributed by atoms with Crippen LogP contribution in [-0.2, 0) is 20.8 Å². The van der Waals surface area contributed by atoms with Crippen LogP contribution in [0.2, 0.25) is 0 Å². The molecule has 0 saturated carbocycles. The molecule has 5 rings (SSSR count). The number of ether oxygens (including phenoxy) is 3. The maximum Gasteiger partial charge on any atom is 0.217 e. The average Bonchev–Trinajstić information content (AvgIpc) is 3.66. The van der Waals surface area contributed by atoms with E-state index >= 15 is 0 Å². The molecule has 1 saturated heterocycles. The molecule has 10 nitrogen and oxygen atoms in total. The van der Waals surface area contributed by atoms with Crippen LogP contribution in [-0.4, -0.2) is 53.8 Å². The molecular formula is C26H34O10. The Morgan fingerprint density at radius 3 is 1.86 bits per heavy atom. The van der Waals surface area contributed by atoms with Crippen LogP contribution in [0, 0.1) is 20.8 Å². The molecule has 2 atom stereocenters. The molecule has 1 fully saturated rings. The number of carbonyl (C=O) groups is 1. The Morgan fingerprint density at radius 1 is 0.861 bits per heavy atom. The van der Waals surface area contributed by atoms with E-state index in [4.69, 9.17) is 42.8 Å². The fraction of sp³-hybridized carbons (Fsp3) is 0.423.